The molecule has 1 aliphatic heterocycles. The zero-order valence-electron chi connectivity index (χ0n) is 10.9. The number of pyridine rings is 1. The SMILES string of the molecule is CC1(C)OB(c2ccc3ncoc3n2)OC1(C)C. The van der Waals surface area contributed by atoms with Gasteiger partial charge in [0.05, 0.1) is 16.8 Å². The number of nitrogens with zero attached hydrogens (tertiary/aromatic N) is 2. The summed E-state index contributed by atoms with van der Waals surface area (Å²) in [5.41, 5.74) is 1.21. The lowest BCUT2D eigenvalue weighted by Gasteiger charge is -2.32. The van der Waals surface area contributed by atoms with E-state index in [0.29, 0.717) is 11.3 Å². The quantitative estimate of drug-likeness (QED) is 0.714. The topological polar surface area (TPSA) is 57.4 Å². The van der Waals surface area contributed by atoms with Crippen molar-refractivity contribution in [3.63, 3.8) is 0 Å². The third-order valence-electron chi connectivity index (χ3n) is 3.71. The Kier molecular flexibility index (Phi) is 2.31. The lowest BCUT2D eigenvalue weighted by atomic mass is 9.84. The molecule has 94 valence electrons. The minimum atomic E-state index is -0.468. The zero-order valence-corrected chi connectivity index (χ0v) is 10.9. The third-order valence-corrected chi connectivity index (χ3v) is 3.71. The molecule has 3 rings (SSSR count). The number of fused-ring (bicyclic) bond motifs is 1. The summed E-state index contributed by atoms with van der Waals surface area (Å²) >= 11 is 0. The molecule has 3 heterocycles. The molecule has 0 atom stereocenters. The lowest BCUT2D eigenvalue weighted by molar-refractivity contribution is 0.00578. The molecule has 0 N–H and O–H groups in total. The van der Waals surface area contributed by atoms with E-state index in [1.165, 1.54) is 6.39 Å². The molecule has 1 saturated heterocycles. The predicted molar refractivity (Wildman–Crippen MR) is 67.5 cm³/mol. The fourth-order valence-electron chi connectivity index (χ4n) is 1.86. The van der Waals surface area contributed by atoms with Crippen LogP contribution in [0, 0.1) is 0 Å². The van der Waals surface area contributed by atoms with Gasteiger partial charge in [0.25, 0.3) is 0 Å². The van der Waals surface area contributed by atoms with Crippen LogP contribution in [-0.4, -0.2) is 28.3 Å². The first-order valence-electron chi connectivity index (χ1n) is 5.95. The van der Waals surface area contributed by atoms with Crippen molar-refractivity contribution in [2.24, 2.45) is 0 Å². The van der Waals surface area contributed by atoms with Crippen LogP contribution in [-0.2, 0) is 9.31 Å². The Labute approximate surface area is 106 Å². The number of rotatable bonds is 1. The monoisotopic (exact) mass is 246 g/mol. The van der Waals surface area contributed by atoms with Crippen molar-refractivity contribution >= 4 is 23.9 Å². The molecule has 2 aromatic rings. The van der Waals surface area contributed by atoms with Crippen LogP contribution < -0.4 is 5.59 Å². The molecule has 0 spiro atoms. The third kappa shape index (κ3) is 1.64. The fourth-order valence-corrected chi connectivity index (χ4v) is 1.86. The van der Waals surface area contributed by atoms with E-state index in [0.717, 1.165) is 5.52 Å². The second kappa shape index (κ2) is 3.55. The summed E-state index contributed by atoms with van der Waals surface area (Å²) < 4.78 is 17.0. The molecule has 0 radical (unpaired) electrons. The van der Waals surface area contributed by atoms with E-state index >= 15 is 0 Å². The van der Waals surface area contributed by atoms with Crippen molar-refractivity contribution in [3.05, 3.63) is 18.5 Å². The molecule has 0 amide bonds. The van der Waals surface area contributed by atoms with Crippen LogP contribution in [0.5, 0.6) is 0 Å². The maximum absolute atomic E-state index is 5.93. The van der Waals surface area contributed by atoms with Gasteiger partial charge in [0, 0.05) is 0 Å². The number of hydrogen-bond donors (Lipinski definition) is 0. The van der Waals surface area contributed by atoms with Crippen LogP contribution in [0.4, 0.5) is 0 Å². The fraction of sp³-hybridized carbons (Fsp3) is 0.500. The molecule has 5 nitrogen and oxygen atoms in total. The van der Waals surface area contributed by atoms with Crippen molar-refractivity contribution in [1.29, 1.82) is 0 Å². The van der Waals surface area contributed by atoms with Gasteiger partial charge < -0.3 is 13.7 Å². The molecule has 0 aliphatic carbocycles. The molecule has 18 heavy (non-hydrogen) atoms. The number of aromatic nitrogens is 2. The molecule has 0 saturated carbocycles. The molecular weight excluding hydrogens is 231 g/mol. The smallest absolute Gasteiger partial charge is 0.425 e. The van der Waals surface area contributed by atoms with Gasteiger partial charge in [-0.05, 0) is 39.8 Å². The van der Waals surface area contributed by atoms with Crippen LogP contribution >= 0.6 is 0 Å². The Morgan fingerprint density at radius 1 is 1.06 bits per heavy atom. The first kappa shape index (κ1) is 11.7. The van der Waals surface area contributed by atoms with Crippen molar-refractivity contribution < 1.29 is 13.7 Å². The van der Waals surface area contributed by atoms with E-state index in [9.17, 15) is 0 Å². The van der Waals surface area contributed by atoms with Crippen LogP contribution in [0.15, 0.2) is 22.9 Å². The van der Waals surface area contributed by atoms with Crippen molar-refractivity contribution in [2.45, 2.75) is 38.9 Å². The Hall–Kier alpha value is -1.40. The second-order valence-electron chi connectivity index (χ2n) is 5.50. The highest BCUT2D eigenvalue weighted by Gasteiger charge is 2.52. The van der Waals surface area contributed by atoms with Gasteiger partial charge in [-0.15, -0.1) is 0 Å². The molecule has 2 aromatic heterocycles. The second-order valence-corrected chi connectivity index (χ2v) is 5.50. The number of oxazole rings is 1. The van der Waals surface area contributed by atoms with E-state index in [-0.39, 0.29) is 11.2 Å². The highest BCUT2D eigenvalue weighted by atomic mass is 16.7. The summed E-state index contributed by atoms with van der Waals surface area (Å²) in [7, 11) is -0.468. The largest absolute Gasteiger partial charge is 0.514 e. The minimum absolute atomic E-state index is 0.365. The Morgan fingerprint density at radius 3 is 2.39 bits per heavy atom. The van der Waals surface area contributed by atoms with E-state index in [1.54, 1.807) is 0 Å². The molecule has 1 aliphatic rings. The standard InChI is InChI=1S/C12H15BN2O3/c1-11(2)12(3,4)18-13(17-11)9-6-5-8-10(15-9)16-7-14-8/h5-7H,1-4H3. The summed E-state index contributed by atoms with van der Waals surface area (Å²) in [5, 5.41) is 0. The average molecular weight is 246 g/mol. The van der Waals surface area contributed by atoms with Gasteiger partial charge in [-0.2, -0.15) is 0 Å². The van der Waals surface area contributed by atoms with E-state index in [4.69, 9.17) is 13.7 Å². The first-order valence-corrected chi connectivity index (χ1v) is 5.95. The van der Waals surface area contributed by atoms with Gasteiger partial charge in [0.1, 0.15) is 5.52 Å². The normalized spacial score (nSPS) is 21.7. The van der Waals surface area contributed by atoms with Gasteiger partial charge in [-0.1, -0.05) is 0 Å². The van der Waals surface area contributed by atoms with Gasteiger partial charge >= 0.3 is 7.12 Å². The first-order chi connectivity index (χ1) is 8.39. The maximum atomic E-state index is 5.93. The van der Waals surface area contributed by atoms with Crippen LogP contribution in [0.1, 0.15) is 27.7 Å². The van der Waals surface area contributed by atoms with Crippen molar-refractivity contribution in [1.82, 2.24) is 9.97 Å². The molecule has 1 fully saturated rings. The Bertz CT molecular complexity index is 578. The van der Waals surface area contributed by atoms with Crippen LogP contribution in [0.3, 0.4) is 0 Å². The number of hydrogen-bond acceptors (Lipinski definition) is 5. The molecule has 6 heteroatoms. The minimum Gasteiger partial charge on any atom is -0.425 e. The highest BCUT2D eigenvalue weighted by Crippen LogP contribution is 2.36. The summed E-state index contributed by atoms with van der Waals surface area (Å²) in [5.74, 6) is 0. The molecule has 0 aromatic carbocycles. The molecule has 0 unspecified atom stereocenters. The van der Waals surface area contributed by atoms with Crippen LogP contribution in [0.2, 0.25) is 0 Å². The predicted octanol–water partition coefficient (Wildman–Crippen LogP) is 1.52. The highest BCUT2D eigenvalue weighted by molar-refractivity contribution is 6.61. The van der Waals surface area contributed by atoms with E-state index < -0.39 is 7.12 Å². The maximum Gasteiger partial charge on any atom is 0.514 e. The van der Waals surface area contributed by atoms with Crippen LogP contribution in [0.25, 0.3) is 11.2 Å². The Balaban J connectivity index is 1.96. The van der Waals surface area contributed by atoms with Gasteiger partial charge in [0.2, 0.25) is 5.71 Å². The molecular formula is C12H15BN2O3. The van der Waals surface area contributed by atoms with Gasteiger partial charge in [-0.3, -0.25) is 0 Å². The van der Waals surface area contributed by atoms with E-state index in [1.807, 2.05) is 39.8 Å². The van der Waals surface area contributed by atoms with Crippen molar-refractivity contribution in [2.75, 3.05) is 0 Å². The summed E-state index contributed by atoms with van der Waals surface area (Å²) in [4.78, 5) is 8.40. The summed E-state index contributed by atoms with van der Waals surface area (Å²) in [6.07, 6.45) is 1.38. The van der Waals surface area contributed by atoms with Gasteiger partial charge in [-0.25, -0.2) is 9.97 Å². The molecule has 0 bridgehead atoms. The summed E-state index contributed by atoms with van der Waals surface area (Å²) in [6, 6.07) is 3.71. The Morgan fingerprint density at radius 2 is 1.72 bits per heavy atom. The van der Waals surface area contributed by atoms with Gasteiger partial charge in [0.15, 0.2) is 6.39 Å². The lowest BCUT2D eigenvalue weighted by Crippen LogP contribution is -2.41. The van der Waals surface area contributed by atoms with Crippen molar-refractivity contribution in [3.8, 4) is 0 Å². The van der Waals surface area contributed by atoms with E-state index in [2.05, 4.69) is 9.97 Å². The zero-order chi connectivity index (χ0) is 13.0. The average Bonchev–Trinajstić information content (AvgIpc) is 2.80. The summed E-state index contributed by atoms with van der Waals surface area (Å²) in [6.45, 7) is 8.06.